The smallest absolute Gasteiger partial charge is 0.311 e. The van der Waals surface area contributed by atoms with E-state index < -0.39 is 11.5 Å². The summed E-state index contributed by atoms with van der Waals surface area (Å²) in [7, 11) is 1.39. The van der Waals surface area contributed by atoms with E-state index in [1.165, 1.54) is 12.7 Å². The maximum Gasteiger partial charge on any atom is 0.311 e. The number of benzene rings is 1. The van der Waals surface area contributed by atoms with E-state index in [0.717, 1.165) is 12.8 Å². The first-order valence-corrected chi connectivity index (χ1v) is 7.46. The summed E-state index contributed by atoms with van der Waals surface area (Å²) in [6.45, 7) is 1.93. The van der Waals surface area contributed by atoms with Crippen LogP contribution in [-0.4, -0.2) is 23.8 Å². The molecular formula is C17H24O3. The van der Waals surface area contributed by atoms with Crippen molar-refractivity contribution in [2.45, 2.75) is 50.5 Å². The molecule has 110 valence electrons. The minimum atomic E-state index is -0.896. The van der Waals surface area contributed by atoms with Gasteiger partial charge in [-0.1, -0.05) is 37.3 Å². The van der Waals surface area contributed by atoms with Gasteiger partial charge in [0.15, 0.2) is 0 Å². The number of rotatable bonds is 4. The van der Waals surface area contributed by atoms with Crippen molar-refractivity contribution in [2.75, 3.05) is 7.11 Å². The van der Waals surface area contributed by atoms with Crippen molar-refractivity contribution < 1.29 is 14.6 Å². The molecule has 3 nitrogen and oxygen atoms in total. The molecule has 0 radical (unpaired) electrons. The van der Waals surface area contributed by atoms with Crippen LogP contribution < -0.4 is 0 Å². The van der Waals surface area contributed by atoms with Gasteiger partial charge in [-0.25, -0.2) is 0 Å². The van der Waals surface area contributed by atoms with Crippen LogP contribution in [0.1, 0.15) is 50.5 Å². The quantitative estimate of drug-likeness (QED) is 0.858. The number of methoxy groups -OCH3 is 1. The van der Waals surface area contributed by atoms with Gasteiger partial charge in [-0.3, -0.25) is 4.79 Å². The van der Waals surface area contributed by atoms with Gasteiger partial charge >= 0.3 is 5.97 Å². The van der Waals surface area contributed by atoms with Crippen LogP contribution in [0.4, 0.5) is 0 Å². The molecule has 0 saturated heterocycles. The Kier molecular flexibility index (Phi) is 4.81. The molecule has 0 aliphatic heterocycles. The SMILES string of the molecule is CCC(C(=O)OC)C1(O)CCC(c2ccccc2)CC1. The first-order chi connectivity index (χ1) is 9.60. The van der Waals surface area contributed by atoms with E-state index in [4.69, 9.17) is 4.74 Å². The Morgan fingerprint density at radius 2 is 1.95 bits per heavy atom. The number of aliphatic hydroxyl groups is 1. The third kappa shape index (κ3) is 3.04. The Morgan fingerprint density at radius 3 is 2.45 bits per heavy atom. The number of carbonyl (C=O) groups excluding carboxylic acids is 1. The van der Waals surface area contributed by atoms with E-state index in [9.17, 15) is 9.90 Å². The molecule has 0 spiro atoms. The number of hydrogen-bond acceptors (Lipinski definition) is 3. The summed E-state index contributed by atoms with van der Waals surface area (Å²) in [5.74, 6) is -0.191. The number of carbonyl (C=O) groups is 1. The molecule has 0 heterocycles. The summed E-state index contributed by atoms with van der Waals surface area (Å²) < 4.78 is 4.83. The van der Waals surface area contributed by atoms with Gasteiger partial charge in [-0.15, -0.1) is 0 Å². The predicted octanol–water partition coefficient (Wildman–Crippen LogP) is 3.27. The van der Waals surface area contributed by atoms with Crippen molar-refractivity contribution >= 4 is 5.97 Å². The molecule has 0 aromatic heterocycles. The highest BCUT2D eigenvalue weighted by Crippen LogP contribution is 2.42. The fourth-order valence-electron chi connectivity index (χ4n) is 3.43. The Hall–Kier alpha value is -1.35. The lowest BCUT2D eigenvalue weighted by Gasteiger charge is -2.40. The zero-order valence-electron chi connectivity index (χ0n) is 12.3. The maximum absolute atomic E-state index is 11.8. The summed E-state index contributed by atoms with van der Waals surface area (Å²) in [4.78, 5) is 11.8. The normalized spacial score (nSPS) is 27.9. The van der Waals surface area contributed by atoms with Crippen LogP contribution in [0.25, 0.3) is 0 Å². The summed E-state index contributed by atoms with van der Waals surface area (Å²) in [5.41, 5.74) is 0.438. The molecule has 1 saturated carbocycles. The molecule has 0 bridgehead atoms. The van der Waals surface area contributed by atoms with E-state index in [-0.39, 0.29) is 5.97 Å². The molecule has 20 heavy (non-hydrogen) atoms. The fraction of sp³-hybridized carbons (Fsp3) is 0.588. The van der Waals surface area contributed by atoms with Crippen LogP contribution in [-0.2, 0) is 9.53 Å². The van der Waals surface area contributed by atoms with Crippen LogP contribution in [0.2, 0.25) is 0 Å². The van der Waals surface area contributed by atoms with Gasteiger partial charge in [-0.2, -0.15) is 0 Å². The molecule has 1 unspecified atom stereocenters. The van der Waals surface area contributed by atoms with Gasteiger partial charge in [0.25, 0.3) is 0 Å². The molecule has 1 atom stereocenters. The van der Waals surface area contributed by atoms with E-state index in [1.807, 2.05) is 13.0 Å². The standard InChI is InChI=1S/C17H24O3/c1-3-15(16(18)20-2)17(19)11-9-14(10-12-17)13-7-5-4-6-8-13/h4-8,14-15,19H,3,9-12H2,1-2H3. The molecule has 1 N–H and O–H groups in total. The van der Waals surface area contributed by atoms with E-state index in [2.05, 4.69) is 24.3 Å². The van der Waals surface area contributed by atoms with E-state index in [0.29, 0.717) is 25.2 Å². The summed E-state index contributed by atoms with van der Waals surface area (Å²) in [6, 6.07) is 10.4. The van der Waals surface area contributed by atoms with Gasteiger partial charge in [-0.05, 0) is 43.6 Å². The molecule has 2 rings (SSSR count). The summed E-state index contributed by atoms with van der Waals surface area (Å²) in [6.07, 6.45) is 3.81. The molecule has 1 aliphatic rings. The molecule has 1 aromatic carbocycles. The maximum atomic E-state index is 11.8. The molecule has 1 aromatic rings. The van der Waals surface area contributed by atoms with E-state index in [1.54, 1.807) is 0 Å². The first-order valence-electron chi connectivity index (χ1n) is 7.46. The minimum Gasteiger partial charge on any atom is -0.469 e. The van der Waals surface area contributed by atoms with Gasteiger partial charge in [0.2, 0.25) is 0 Å². The molecule has 1 aliphatic carbocycles. The third-order valence-electron chi connectivity index (χ3n) is 4.66. The molecule has 0 amide bonds. The van der Waals surface area contributed by atoms with Crippen molar-refractivity contribution in [3.8, 4) is 0 Å². The second kappa shape index (κ2) is 6.40. The topological polar surface area (TPSA) is 46.5 Å². The van der Waals surface area contributed by atoms with Crippen LogP contribution >= 0.6 is 0 Å². The predicted molar refractivity (Wildman–Crippen MR) is 78.4 cm³/mol. The fourth-order valence-corrected chi connectivity index (χ4v) is 3.43. The number of esters is 1. The first kappa shape index (κ1) is 15.0. The molecular weight excluding hydrogens is 252 g/mol. The lowest BCUT2D eigenvalue weighted by molar-refractivity contribution is -0.159. The van der Waals surface area contributed by atoms with Crippen LogP contribution in [0.3, 0.4) is 0 Å². The van der Waals surface area contributed by atoms with Crippen molar-refractivity contribution in [1.82, 2.24) is 0 Å². The van der Waals surface area contributed by atoms with Gasteiger partial charge in [0.05, 0.1) is 18.6 Å². The van der Waals surface area contributed by atoms with E-state index >= 15 is 0 Å². The largest absolute Gasteiger partial charge is 0.469 e. The highest BCUT2D eigenvalue weighted by molar-refractivity contribution is 5.73. The Morgan fingerprint density at radius 1 is 1.35 bits per heavy atom. The third-order valence-corrected chi connectivity index (χ3v) is 4.66. The Bertz CT molecular complexity index is 433. The van der Waals surface area contributed by atoms with Crippen molar-refractivity contribution in [2.24, 2.45) is 5.92 Å². The van der Waals surface area contributed by atoms with Gasteiger partial charge in [0, 0.05) is 0 Å². The number of hydrogen-bond donors (Lipinski definition) is 1. The summed E-state index contributed by atoms with van der Waals surface area (Å²) >= 11 is 0. The molecule has 3 heteroatoms. The minimum absolute atomic E-state index is 0.284. The highest BCUT2D eigenvalue weighted by atomic mass is 16.5. The van der Waals surface area contributed by atoms with Crippen LogP contribution in [0.5, 0.6) is 0 Å². The van der Waals surface area contributed by atoms with Gasteiger partial charge in [0.1, 0.15) is 0 Å². The summed E-state index contributed by atoms with van der Waals surface area (Å²) in [5, 5.41) is 10.8. The van der Waals surface area contributed by atoms with Crippen molar-refractivity contribution in [1.29, 1.82) is 0 Å². The van der Waals surface area contributed by atoms with Crippen LogP contribution in [0, 0.1) is 5.92 Å². The second-order valence-corrected chi connectivity index (χ2v) is 5.77. The lowest BCUT2D eigenvalue weighted by Crippen LogP contribution is -2.45. The van der Waals surface area contributed by atoms with Crippen molar-refractivity contribution in [3.63, 3.8) is 0 Å². The average molecular weight is 276 g/mol. The average Bonchev–Trinajstić information content (AvgIpc) is 2.49. The Balaban J connectivity index is 2.04. The molecule has 1 fully saturated rings. The zero-order valence-corrected chi connectivity index (χ0v) is 12.3. The Labute approximate surface area is 121 Å². The second-order valence-electron chi connectivity index (χ2n) is 5.77. The monoisotopic (exact) mass is 276 g/mol. The zero-order chi connectivity index (χ0) is 14.6. The number of ether oxygens (including phenoxy) is 1. The lowest BCUT2D eigenvalue weighted by atomic mass is 9.70. The highest BCUT2D eigenvalue weighted by Gasteiger charge is 2.43. The van der Waals surface area contributed by atoms with Gasteiger partial charge < -0.3 is 9.84 Å². The van der Waals surface area contributed by atoms with Crippen molar-refractivity contribution in [3.05, 3.63) is 35.9 Å². The van der Waals surface area contributed by atoms with Crippen LogP contribution in [0.15, 0.2) is 30.3 Å².